The molecule has 0 aliphatic carbocycles. The van der Waals surface area contributed by atoms with Crippen LogP contribution in [0.15, 0.2) is 76.1 Å². The van der Waals surface area contributed by atoms with E-state index in [2.05, 4.69) is 21.2 Å². The lowest BCUT2D eigenvalue weighted by molar-refractivity contribution is -0.114. The van der Waals surface area contributed by atoms with Crippen molar-refractivity contribution in [1.29, 1.82) is 0 Å². The number of nitrogens with one attached hydrogen (secondary N) is 1. The van der Waals surface area contributed by atoms with E-state index in [1.165, 1.54) is 30.3 Å². The predicted molar refractivity (Wildman–Crippen MR) is 136 cm³/mol. The molecule has 1 amide bonds. The summed E-state index contributed by atoms with van der Waals surface area (Å²) in [6.07, 6.45) is 0. The molecule has 0 spiro atoms. The number of amides is 1. The highest BCUT2D eigenvalue weighted by atomic mass is 79.9. The van der Waals surface area contributed by atoms with Crippen LogP contribution in [0.2, 0.25) is 5.02 Å². The lowest BCUT2D eigenvalue weighted by atomic mass is 10.2. The topological polar surface area (TPSA) is 92.8 Å². The second-order valence-corrected chi connectivity index (χ2v) is 10.4. The highest BCUT2D eigenvalue weighted by Gasteiger charge is 2.27. The van der Waals surface area contributed by atoms with Crippen molar-refractivity contribution < 1.29 is 22.7 Å². The molecule has 7 nitrogen and oxygen atoms in total. The number of ether oxygens (including phenoxy) is 1. The number of carbonyl (C=O) groups excluding carboxylic acids is 2. The smallest absolute Gasteiger partial charge is 0.339 e. The monoisotopic (exact) mass is 564 g/mol. The molecule has 0 radical (unpaired) electrons. The molecule has 0 atom stereocenters. The third-order valence-electron chi connectivity index (χ3n) is 4.76. The van der Waals surface area contributed by atoms with E-state index in [1.54, 1.807) is 43.3 Å². The fourth-order valence-electron chi connectivity index (χ4n) is 3.06. The second kappa shape index (κ2) is 11.0. The van der Waals surface area contributed by atoms with Crippen LogP contribution in [0.25, 0.3) is 0 Å². The molecule has 3 rings (SSSR count). The van der Waals surface area contributed by atoms with E-state index < -0.39 is 28.4 Å². The third kappa shape index (κ3) is 6.16. The highest BCUT2D eigenvalue weighted by molar-refractivity contribution is 9.10. The fourth-order valence-corrected chi connectivity index (χ4v) is 5.00. The fraction of sp³-hybridized carbons (Fsp3) is 0.167. The summed E-state index contributed by atoms with van der Waals surface area (Å²) in [5.74, 6) is -1.16. The molecule has 0 aliphatic rings. The van der Waals surface area contributed by atoms with Gasteiger partial charge in [-0.15, -0.1) is 0 Å². The lowest BCUT2D eigenvalue weighted by Crippen LogP contribution is -2.38. The Morgan fingerprint density at radius 3 is 2.26 bits per heavy atom. The normalized spacial score (nSPS) is 11.1. The number of benzene rings is 3. The molecule has 0 aromatic heterocycles. The summed E-state index contributed by atoms with van der Waals surface area (Å²) in [7, 11) is -4.03. The van der Waals surface area contributed by atoms with Crippen LogP contribution < -0.4 is 9.62 Å². The number of sulfonamides is 1. The van der Waals surface area contributed by atoms with Gasteiger partial charge in [0.05, 0.1) is 27.8 Å². The van der Waals surface area contributed by atoms with Gasteiger partial charge in [0.2, 0.25) is 5.91 Å². The van der Waals surface area contributed by atoms with Crippen molar-refractivity contribution in [2.45, 2.75) is 18.7 Å². The summed E-state index contributed by atoms with van der Waals surface area (Å²) < 4.78 is 33.6. The van der Waals surface area contributed by atoms with Gasteiger partial charge in [-0.25, -0.2) is 13.2 Å². The van der Waals surface area contributed by atoms with Crippen molar-refractivity contribution in [3.05, 3.63) is 87.4 Å². The Labute approximate surface area is 211 Å². The number of aryl methyl sites for hydroxylation is 1. The van der Waals surface area contributed by atoms with Gasteiger partial charge in [-0.05, 0) is 68.4 Å². The van der Waals surface area contributed by atoms with E-state index >= 15 is 0 Å². The molecule has 0 saturated heterocycles. The quantitative estimate of drug-likeness (QED) is 0.368. The van der Waals surface area contributed by atoms with E-state index in [4.69, 9.17) is 16.3 Å². The van der Waals surface area contributed by atoms with E-state index in [0.29, 0.717) is 11.4 Å². The van der Waals surface area contributed by atoms with Crippen molar-refractivity contribution in [3.63, 3.8) is 0 Å². The maximum Gasteiger partial charge on any atom is 0.339 e. The van der Waals surface area contributed by atoms with Gasteiger partial charge in [0.25, 0.3) is 10.0 Å². The van der Waals surface area contributed by atoms with E-state index in [0.717, 1.165) is 14.3 Å². The van der Waals surface area contributed by atoms with Crippen LogP contribution in [0.5, 0.6) is 0 Å². The minimum absolute atomic E-state index is 0.0654. The van der Waals surface area contributed by atoms with Crippen molar-refractivity contribution >= 4 is 60.8 Å². The Bertz CT molecular complexity index is 1300. The standard InChI is InChI=1S/C24H22BrClN2O5S/c1-3-33-24(30)21-13-8-18(14-22(21)26)27-23(29)15-28(19-9-6-17(25)7-10-19)34(31,32)20-11-4-16(2)5-12-20/h4-14H,3,15H2,1-2H3,(H,27,29). The number of carbonyl (C=O) groups is 2. The van der Waals surface area contributed by atoms with Crippen molar-refractivity contribution in [2.75, 3.05) is 22.8 Å². The first-order chi connectivity index (χ1) is 16.1. The van der Waals surface area contributed by atoms with Crippen LogP contribution in [0.1, 0.15) is 22.8 Å². The van der Waals surface area contributed by atoms with Gasteiger partial charge in [0, 0.05) is 10.2 Å². The maximum atomic E-state index is 13.4. The minimum atomic E-state index is -4.03. The van der Waals surface area contributed by atoms with E-state index in [9.17, 15) is 18.0 Å². The number of halogens is 2. The summed E-state index contributed by atoms with van der Waals surface area (Å²) in [5.41, 5.74) is 1.72. The molecule has 0 bridgehead atoms. The van der Waals surface area contributed by atoms with E-state index in [-0.39, 0.29) is 22.1 Å². The number of hydrogen-bond donors (Lipinski definition) is 1. The average Bonchev–Trinajstić information content (AvgIpc) is 2.78. The molecule has 0 saturated carbocycles. The van der Waals surface area contributed by atoms with Gasteiger partial charge in [0.1, 0.15) is 6.54 Å². The predicted octanol–water partition coefficient (Wildman–Crippen LogP) is 5.42. The van der Waals surface area contributed by atoms with Gasteiger partial charge >= 0.3 is 5.97 Å². The van der Waals surface area contributed by atoms with Crippen molar-refractivity contribution in [3.8, 4) is 0 Å². The SMILES string of the molecule is CCOC(=O)c1ccc(NC(=O)CN(c2ccc(Br)cc2)S(=O)(=O)c2ccc(C)cc2)cc1Cl. The first-order valence-corrected chi connectivity index (χ1v) is 12.8. The summed E-state index contributed by atoms with van der Waals surface area (Å²) in [6, 6.07) is 17.3. The van der Waals surface area contributed by atoms with Gasteiger partial charge < -0.3 is 10.1 Å². The Kier molecular flexibility index (Phi) is 8.35. The Morgan fingerprint density at radius 2 is 1.68 bits per heavy atom. The number of anilines is 2. The van der Waals surface area contributed by atoms with Crippen LogP contribution in [-0.2, 0) is 19.6 Å². The molecular formula is C24H22BrClN2O5S. The molecule has 34 heavy (non-hydrogen) atoms. The molecule has 3 aromatic carbocycles. The van der Waals surface area contributed by atoms with Gasteiger partial charge in [0.15, 0.2) is 0 Å². The average molecular weight is 566 g/mol. The Morgan fingerprint density at radius 1 is 1.03 bits per heavy atom. The Hall–Kier alpha value is -2.88. The number of nitrogens with zero attached hydrogens (tertiary/aromatic N) is 1. The molecule has 178 valence electrons. The van der Waals surface area contributed by atoms with Gasteiger partial charge in [-0.2, -0.15) is 0 Å². The van der Waals surface area contributed by atoms with Crippen LogP contribution in [0, 0.1) is 6.92 Å². The molecule has 0 heterocycles. The molecule has 3 aromatic rings. The molecule has 0 fully saturated rings. The molecule has 0 aliphatic heterocycles. The van der Waals surface area contributed by atoms with E-state index in [1.807, 2.05) is 6.92 Å². The summed E-state index contributed by atoms with van der Waals surface area (Å²) in [6.45, 7) is 3.26. The maximum absolute atomic E-state index is 13.4. The third-order valence-corrected chi connectivity index (χ3v) is 7.39. The second-order valence-electron chi connectivity index (χ2n) is 7.26. The Balaban J connectivity index is 1.87. The molecular weight excluding hydrogens is 544 g/mol. The zero-order valence-corrected chi connectivity index (χ0v) is 21.6. The number of hydrogen-bond acceptors (Lipinski definition) is 5. The first-order valence-electron chi connectivity index (χ1n) is 10.2. The molecule has 10 heteroatoms. The summed E-state index contributed by atoms with van der Waals surface area (Å²) in [5, 5.41) is 2.74. The zero-order chi connectivity index (χ0) is 24.9. The van der Waals surface area contributed by atoms with Gasteiger partial charge in [-0.3, -0.25) is 9.10 Å². The van der Waals surface area contributed by atoms with Crippen molar-refractivity contribution in [2.24, 2.45) is 0 Å². The highest BCUT2D eigenvalue weighted by Crippen LogP contribution is 2.26. The molecule has 1 N–H and O–H groups in total. The summed E-state index contributed by atoms with van der Waals surface area (Å²) >= 11 is 9.50. The zero-order valence-electron chi connectivity index (χ0n) is 18.4. The lowest BCUT2D eigenvalue weighted by Gasteiger charge is -2.24. The summed E-state index contributed by atoms with van der Waals surface area (Å²) in [4.78, 5) is 24.9. The first kappa shape index (κ1) is 25.7. The van der Waals surface area contributed by atoms with Crippen LogP contribution in [0.4, 0.5) is 11.4 Å². The van der Waals surface area contributed by atoms with Gasteiger partial charge in [-0.1, -0.05) is 45.2 Å². The largest absolute Gasteiger partial charge is 0.462 e. The number of esters is 1. The van der Waals surface area contributed by atoms with Crippen LogP contribution >= 0.6 is 27.5 Å². The minimum Gasteiger partial charge on any atom is -0.462 e. The van der Waals surface area contributed by atoms with Crippen molar-refractivity contribution in [1.82, 2.24) is 0 Å². The number of rotatable bonds is 8. The van der Waals surface area contributed by atoms with Crippen LogP contribution in [-0.4, -0.2) is 33.4 Å². The molecule has 0 unspecified atom stereocenters. The van der Waals surface area contributed by atoms with Crippen LogP contribution in [0.3, 0.4) is 0 Å².